The third-order valence-electron chi connectivity index (χ3n) is 5.74. The molecule has 0 fully saturated rings. The summed E-state index contributed by atoms with van der Waals surface area (Å²) in [6, 6.07) is 13.3. The standard InChI is InChI=1S/C26H35BrN2O3/c1-6-19(5)28-26(31)23(8-3)29(16-21-12-10-9-11-18(21)4)25(30)17-32-24-14-13-20(7-2)15-22(24)27/h9-15,19,23H,6-8,16-17H2,1-5H3,(H,28,31)/t19-,23+/m1/s1. The van der Waals surface area contributed by atoms with Gasteiger partial charge in [0.15, 0.2) is 6.61 Å². The van der Waals surface area contributed by atoms with Crippen molar-refractivity contribution in [3.05, 3.63) is 63.6 Å². The highest BCUT2D eigenvalue weighted by molar-refractivity contribution is 9.10. The molecule has 2 amide bonds. The second-order valence-electron chi connectivity index (χ2n) is 8.10. The fraction of sp³-hybridized carbons (Fsp3) is 0.462. The number of hydrogen-bond donors (Lipinski definition) is 1. The quantitative estimate of drug-likeness (QED) is 0.446. The molecule has 0 aliphatic carbocycles. The molecule has 0 saturated heterocycles. The smallest absolute Gasteiger partial charge is 0.261 e. The van der Waals surface area contributed by atoms with E-state index in [4.69, 9.17) is 4.74 Å². The third-order valence-corrected chi connectivity index (χ3v) is 6.36. The summed E-state index contributed by atoms with van der Waals surface area (Å²) >= 11 is 3.53. The summed E-state index contributed by atoms with van der Waals surface area (Å²) < 4.78 is 6.67. The molecule has 0 radical (unpaired) electrons. The van der Waals surface area contributed by atoms with Crippen LogP contribution in [0.3, 0.4) is 0 Å². The third kappa shape index (κ3) is 7.09. The Morgan fingerprint density at radius 1 is 1.09 bits per heavy atom. The Bertz CT molecular complexity index is 916. The van der Waals surface area contributed by atoms with Gasteiger partial charge in [-0.3, -0.25) is 9.59 Å². The van der Waals surface area contributed by atoms with Crippen LogP contribution in [0, 0.1) is 6.92 Å². The zero-order chi connectivity index (χ0) is 23.7. The molecule has 2 aromatic rings. The lowest BCUT2D eigenvalue weighted by molar-refractivity contribution is -0.143. The first-order valence-electron chi connectivity index (χ1n) is 11.4. The average Bonchev–Trinajstić information content (AvgIpc) is 2.78. The first-order valence-corrected chi connectivity index (χ1v) is 12.1. The Labute approximate surface area is 200 Å². The summed E-state index contributed by atoms with van der Waals surface area (Å²) in [6.07, 6.45) is 2.28. The SMILES string of the molecule is CCc1ccc(OCC(=O)N(Cc2ccccc2C)[C@@H](CC)C(=O)N[C@H](C)CC)c(Br)c1. The number of ether oxygens (including phenoxy) is 1. The van der Waals surface area contributed by atoms with E-state index in [0.717, 1.165) is 28.4 Å². The first kappa shape index (κ1) is 25.9. The molecule has 0 saturated carbocycles. The van der Waals surface area contributed by atoms with Gasteiger partial charge in [-0.25, -0.2) is 0 Å². The van der Waals surface area contributed by atoms with Gasteiger partial charge in [-0.1, -0.05) is 51.1 Å². The van der Waals surface area contributed by atoms with Gasteiger partial charge in [-0.15, -0.1) is 0 Å². The second-order valence-corrected chi connectivity index (χ2v) is 8.95. The molecule has 0 unspecified atom stereocenters. The van der Waals surface area contributed by atoms with Crippen LogP contribution in [-0.4, -0.2) is 35.4 Å². The molecule has 0 aliphatic heterocycles. The van der Waals surface area contributed by atoms with E-state index in [1.807, 2.05) is 70.2 Å². The Morgan fingerprint density at radius 3 is 2.41 bits per heavy atom. The van der Waals surface area contributed by atoms with Crippen molar-refractivity contribution in [2.75, 3.05) is 6.61 Å². The van der Waals surface area contributed by atoms with Crippen molar-refractivity contribution in [1.82, 2.24) is 10.2 Å². The molecule has 0 bridgehead atoms. The maximum Gasteiger partial charge on any atom is 0.261 e. The van der Waals surface area contributed by atoms with Crippen LogP contribution in [-0.2, 0) is 22.6 Å². The van der Waals surface area contributed by atoms with Gasteiger partial charge in [-0.05, 0) is 77.9 Å². The molecule has 1 N–H and O–H groups in total. The van der Waals surface area contributed by atoms with Gasteiger partial charge in [0.1, 0.15) is 11.8 Å². The van der Waals surface area contributed by atoms with Crippen molar-refractivity contribution in [2.45, 2.75) is 72.5 Å². The number of amides is 2. The lowest BCUT2D eigenvalue weighted by atomic mass is 10.1. The van der Waals surface area contributed by atoms with Gasteiger partial charge >= 0.3 is 0 Å². The van der Waals surface area contributed by atoms with Crippen LogP contribution >= 0.6 is 15.9 Å². The molecule has 6 heteroatoms. The van der Waals surface area contributed by atoms with Crippen LogP contribution in [0.4, 0.5) is 0 Å². The lowest BCUT2D eigenvalue weighted by Crippen LogP contribution is -2.51. The molecule has 0 spiro atoms. The van der Waals surface area contributed by atoms with Gasteiger partial charge < -0.3 is 15.0 Å². The Hall–Kier alpha value is -2.34. The van der Waals surface area contributed by atoms with E-state index in [9.17, 15) is 9.59 Å². The molecular formula is C26H35BrN2O3. The number of hydrogen-bond acceptors (Lipinski definition) is 3. The summed E-state index contributed by atoms with van der Waals surface area (Å²) in [6.45, 7) is 10.3. The number of halogens is 1. The van der Waals surface area contributed by atoms with E-state index >= 15 is 0 Å². The van der Waals surface area contributed by atoms with Crippen LogP contribution in [0.5, 0.6) is 5.75 Å². The summed E-state index contributed by atoms with van der Waals surface area (Å²) in [5.41, 5.74) is 3.29. The molecule has 2 atom stereocenters. The topological polar surface area (TPSA) is 58.6 Å². The molecule has 0 aliphatic rings. The van der Waals surface area contributed by atoms with Gasteiger partial charge in [0, 0.05) is 12.6 Å². The first-order chi connectivity index (χ1) is 15.3. The maximum atomic E-state index is 13.3. The van der Waals surface area contributed by atoms with E-state index in [-0.39, 0.29) is 24.5 Å². The van der Waals surface area contributed by atoms with Gasteiger partial charge in [0.05, 0.1) is 4.47 Å². The molecule has 174 valence electrons. The summed E-state index contributed by atoms with van der Waals surface area (Å²) in [4.78, 5) is 28.0. The Balaban J connectivity index is 2.24. The van der Waals surface area contributed by atoms with Crippen molar-refractivity contribution >= 4 is 27.7 Å². The number of nitrogens with one attached hydrogen (secondary N) is 1. The highest BCUT2D eigenvalue weighted by Crippen LogP contribution is 2.26. The van der Waals surface area contributed by atoms with Crippen LogP contribution in [0.25, 0.3) is 0 Å². The van der Waals surface area contributed by atoms with E-state index < -0.39 is 6.04 Å². The van der Waals surface area contributed by atoms with Gasteiger partial charge in [-0.2, -0.15) is 0 Å². The highest BCUT2D eigenvalue weighted by Gasteiger charge is 2.29. The van der Waals surface area contributed by atoms with Gasteiger partial charge in [0.2, 0.25) is 5.91 Å². The predicted molar refractivity (Wildman–Crippen MR) is 133 cm³/mol. The highest BCUT2D eigenvalue weighted by atomic mass is 79.9. The summed E-state index contributed by atoms with van der Waals surface area (Å²) in [7, 11) is 0. The van der Waals surface area contributed by atoms with Crippen LogP contribution in [0.1, 0.15) is 57.2 Å². The van der Waals surface area contributed by atoms with Crippen molar-refractivity contribution in [3.63, 3.8) is 0 Å². The van der Waals surface area contributed by atoms with Crippen molar-refractivity contribution in [3.8, 4) is 5.75 Å². The van der Waals surface area contributed by atoms with E-state index in [1.165, 1.54) is 5.56 Å². The maximum absolute atomic E-state index is 13.3. The number of nitrogens with zero attached hydrogens (tertiary/aromatic N) is 1. The van der Waals surface area contributed by atoms with Crippen LogP contribution in [0.15, 0.2) is 46.9 Å². The zero-order valence-electron chi connectivity index (χ0n) is 19.8. The molecule has 2 aromatic carbocycles. The monoisotopic (exact) mass is 502 g/mol. The molecule has 2 rings (SSSR count). The predicted octanol–water partition coefficient (Wildman–Crippen LogP) is 5.42. The molecule has 32 heavy (non-hydrogen) atoms. The number of rotatable bonds is 11. The summed E-state index contributed by atoms with van der Waals surface area (Å²) in [5.74, 6) is 0.270. The van der Waals surface area contributed by atoms with E-state index in [0.29, 0.717) is 18.7 Å². The minimum atomic E-state index is -0.564. The molecule has 0 heterocycles. The van der Waals surface area contributed by atoms with Crippen molar-refractivity contribution in [1.29, 1.82) is 0 Å². The Morgan fingerprint density at radius 2 is 1.81 bits per heavy atom. The zero-order valence-corrected chi connectivity index (χ0v) is 21.4. The Kier molecular flexibility index (Phi) is 10.2. The number of carbonyl (C=O) groups is 2. The number of carbonyl (C=O) groups excluding carboxylic acids is 2. The summed E-state index contributed by atoms with van der Waals surface area (Å²) in [5, 5.41) is 3.03. The number of aryl methyl sites for hydroxylation is 2. The largest absolute Gasteiger partial charge is 0.483 e. The number of benzene rings is 2. The van der Waals surface area contributed by atoms with Crippen LogP contribution in [0.2, 0.25) is 0 Å². The minimum Gasteiger partial charge on any atom is -0.483 e. The van der Waals surface area contributed by atoms with E-state index in [2.05, 4.69) is 28.2 Å². The van der Waals surface area contributed by atoms with Crippen molar-refractivity contribution < 1.29 is 14.3 Å². The van der Waals surface area contributed by atoms with Gasteiger partial charge in [0.25, 0.3) is 5.91 Å². The van der Waals surface area contributed by atoms with Crippen LogP contribution < -0.4 is 10.1 Å². The average molecular weight is 503 g/mol. The molecule has 0 aromatic heterocycles. The molecular weight excluding hydrogens is 468 g/mol. The van der Waals surface area contributed by atoms with E-state index in [1.54, 1.807) is 4.90 Å². The fourth-order valence-electron chi connectivity index (χ4n) is 3.44. The lowest BCUT2D eigenvalue weighted by Gasteiger charge is -2.31. The normalized spacial score (nSPS) is 12.7. The fourth-order valence-corrected chi connectivity index (χ4v) is 3.98. The molecule has 5 nitrogen and oxygen atoms in total. The van der Waals surface area contributed by atoms with Crippen molar-refractivity contribution in [2.24, 2.45) is 0 Å². The minimum absolute atomic E-state index is 0.0521. The second kappa shape index (κ2) is 12.6.